The van der Waals surface area contributed by atoms with Gasteiger partial charge in [-0.15, -0.1) is 0 Å². The minimum absolute atomic E-state index is 0.182. The second-order valence-corrected chi connectivity index (χ2v) is 6.99. The van der Waals surface area contributed by atoms with Crippen LogP contribution in [-0.4, -0.2) is 17.5 Å². The van der Waals surface area contributed by atoms with Crippen LogP contribution in [0.25, 0.3) is 11.0 Å². The second-order valence-electron chi connectivity index (χ2n) is 5.64. The van der Waals surface area contributed by atoms with Gasteiger partial charge in [0.1, 0.15) is 5.76 Å². The third-order valence-electron chi connectivity index (χ3n) is 4.02. The van der Waals surface area contributed by atoms with Crippen LogP contribution in [0.2, 0.25) is 0 Å². The summed E-state index contributed by atoms with van der Waals surface area (Å²) in [5.41, 5.74) is 0.386. The number of fused-ring (bicyclic) bond motifs is 1. The van der Waals surface area contributed by atoms with E-state index in [2.05, 4.69) is 12.2 Å². The Labute approximate surface area is 129 Å². The molecule has 2 nitrogen and oxygen atoms in total. The van der Waals surface area contributed by atoms with Crippen molar-refractivity contribution in [2.24, 2.45) is 0 Å². The molecule has 1 aromatic heterocycles. The number of furan rings is 1. The van der Waals surface area contributed by atoms with Gasteiger partial charge in [-0.3, -0.25) is 0 Å². The van der Waals surface area contributed by atoms with E-state index in [4.69, 9.17) is 4.42 Å². The van der Waals surface area contributed by atoms with Crippen LogP contribution in [0.4, 0.5) is 4.39 Å². The molecule has 2 unspecified atom stereocenters. The van der Waals surface area contributed by atoms with Gasteiger partial charge in [0.25, 0.3) is 0 Å². The molecule has 1 aromatic carbocycles. The van der Waals surface area contributed by atoms with Crippen molar-refractivity contribution in [3.8, 4) is 0 Å². The number of para-hydroxylation sites is 1. The lowest BCUT2D eigenvalue weighted by molar-refractivity contribution is 0.399. The molecule has 1 aliphatic rings. The first-order chi connectivity index (χ1) is 10.3. The summed E-state index contributed by atoms with van der Waals surface area (Å²) in [6.07, 6.45) is 4.86. The molecule has 2 heterocycles. The fourth-order valence-corrected chi connectivity index (χ4v) is 4.37. The highest BCUT2D eigenvalue weighted by Gasteiger charge is 2.28. The van der Waals surface area contributed by atoms with Crippen LogP contribution in [0.1, 0.15) is 44.4 Å². The van der Waals surface area contributed by atoms with Gasteiger partial charge in [-0.25, -0.2) is 4.39 Å². The fraction of sp³-hybridized carbons (Fsp3) is 0.529. The summed E-state index contributed by atoms with van der Waals surface area (Å²) in [5.74, 6) is 1.82. The summed E-state index contributed by atoms with van der Waals surface area (Å²) in [4.78, 5) is 0. The third-order valence-corrected chi connectivity index (χ3v) is 5.48. The third kappa shape index (κ3) is 3.27. The van der Waals surface area contributed by atoms with Crippen molar-refractivity contribution in [2.45, 2.75) is 43.9 Å². The van der Waals surface area contributed by atoms with Gasteiger partial charge in [0.15, 0.2) is 11.4 Å². The molecule has 0 saturated carbocycles. The number of benzene rings is 1. The van der Waals surface area contributed by atoms with Crippen LogP contribution >= 0.6 is 11.8 Å². The van der Waals surface area contributed by atoms with Crippen molar-refractivity contribution in [1.29, 1.82) is 0 Å². The summed E-state index contributed by atoms with van der Waals surface area (Å²) < 4.78 is 19.7. The normalized spacial score (nSPS) is 20.8. The minimum Gasteiger partial charge on any atom is -0.456 e. The van der Waals surface area contributed by atoms with E-state index in [1.165, 1.54) is 31.1 Å². The van der Waals surface area contributed by atoms with E-state index in [9.17, 15) is 4.39 Å². The summed E-state index contributed by atoms with van der Waals surface area (Å²) in [5, 5.41) is 4.98. The molecule has 2 atom stereocenters. The summed E-state index contributed by atoms with van der Waals surface area (Å²) in [7, 11) is 0. The Morgan fingerprint density at radius 1 is 1.43 bits per heavy atom. The van der Waals surface area contributed by atoms with Crippen molar-refractivity contribution in [1.82, 2.24) is 5.32 Å². The first-order valence-corrected chi connectivity index (χ1v) is 8.87. The predicted octanol–water partition coefficient (Wildman–Crippen LogP) is 4.90. The lowest BCUT2D eigenvalue weighted by Crippen LogP contribution is -2.32. The van der Waals surface area contributed by atoms with Crippen molar-refractivity contribution in [2.75, 3.05) is 12.3 Å². The van der Waals surface area contributed by atoms with Gasteiger partial charge < -0.3 is 9.73 Å². The zero-order valence-electron chi connectivity index (χ0n) is 12.4. The summed E-state index contributed by atoms with van der Waals surface area (Å²) >= 11 is 2.01. The highest BCUT2D eigenvalue weighted by Crippen LogP contribution is 2.37. The topological polar surface area (TPSA) is 25.2 Å². The maximum absolute atomic E-state index is 13.8. The zero-order valence-corrected chi connectivity index (χ0v) is 13.2. The largest absolute Gasteiger partial charge is 0.456 e. The first kappa shape index (κ1) is 14.9. The molecule has 1 aliphatic heterocycles. The monoisotopic (exact) mass is 307 g/mol. The zero-order chi connectivity index (χ0) is 14.7. The lowest BCUT2D eigenvalue weighted by Gasteiger charge is -2.29. The molecule has 0 amide bonds. The molecule has 1 N–H and O–H groups in total. The number of hydrogen-bond acceptors (Lipinski definition) is 3. The summed E-state index contributed by atoms with van der Waals surface area (Å²) in [6.45, 7) is 3.12. The van der Waals surface area contributed by atoms with Crippen LogP contribution in [0.15, 0.2) is 28.7 Å². The van der Waals surface area contributed by atoms with Crippen molar-refractivity contribution >= 4 is 22.7 Å². The van der Waals surface area contributed by atoms with Crippen molar-refractivity contribution in [3.63, 3.8) is 0 Å². The van der Waals surface area contributed by atoms with Gasteiger partial charge in [0.2, 0.25) is 0 Å². The van der Waals surface area contributed by atoms with Crippen LogP contribution in [0, 0.1) is 5.82 Å². The van der Waals surface area contributed by atoms with Gasteiger partial charge in [0.05, 0.1) is 6.04 Å². The Balaban J connectivity index is 1.90. The molecule has 1 saturated heterocycles. The summed E-state index contributed by atoms with van der Waals surface area (Å²) in [6, 6.07) is 7.29. The average Bonchev–Trinajstić information content (AvgIpc) is 2.94. The molecular weight excluding hydrogens is 285 g/mol. The van der Waals surface area contributed by atoms with Crippen LogP contribution < -0.4 is 5.32 Å². The van der Waals surface area contributed by atoms with Crippen LogP contribution in [0.5, 0.6) is 0 Å². The first-order valence-electron chi connectivity index (χ1n) is 7.82. The quantitative estimate of drug-likeness (QED) is 0.850. The molecule has 1 fully saturated rings. The Hall–Kier alpha value is -1.000. The van der Waals surface area contributed by atoms with Crippen LogP contribution in [-0.2, 0) is 0 Å². The molecule has 21 heavy (non-hydrogen) atoms. The molecule has 0 bridgehead atoms. The highest BCUT2D eigenvalue weighted by molar-refractivity contribution is 8.00. The smallest absolute Gasteiger partial charge is 0.169 e. The van der Waals surface area contributed by atoms with Gasteiger partial charge in [-0.05, 0) is 43.7 Å². The minimum atomic E-state index is -0.274. The average molecular weight is 307 g/mol. The molecule has 4 heteroatoms. The molecular formula is C17H22FNOS. The molecule has 0 spiro atoms. The fourth-order valence-electron chi connectivity index (χ4n) is 2.94. The molecule has 114 valence electrons. The second kappa shape index (κ2) is 6.84. The van der Waals surface area contributed by atoms with Gasteiger partial charge >= 0.3 is 0 Å². The predicted molar refractivity (Wildman–Crippen MR) is 87.3 cm³/mol. The Kier molecular flexibility index (Phi) is 4.86. The standard InChI is InChI=1S/C17H22FNOS/c1-2-9-19-16(15-8-3-4-10-21-15)14-11-12-6-5-7-13(18)17(12)20-14/h5-7,11,15-16,19H,2-4,8-10H2,1H3. The maximum atomic E-state index is 13.8. The van der Waals surface area contributed by atoms with E-state index in [1.54, 1.807) is 6.07 Å². The molecule has 0 radical (unpaired) electrons. The van der Waals surface area contributed by atoms with Gasteiger partial charge in [0, 0.05) is 10.6 Å². The Bertz CT molecular complexity index is 591. The SMILES string of the molecule is CCCNC(c1cc2cccc(F)c2o1)C1CCCCS1. The molecule has 2 aromatic rings. The highest BCUT2D eigenvalue weighted by atomic mass is 32.2. The Morgan fingerprint density at radius 3 is 3.05 bits per heavy atom. The lowest BCUT2D eigenvalue weighted by atomic mass is 10.0. The van der Waals surface area contributed by atoms with E-state index in [-0.39, 0.29) is 11.9 Å². The van der Waals surface area contributed by atoms with E-state index >= 15 is 0 Å². The molecule has 3 rings (SSSR count). The van der Waals surface area contributed by atoms with Crippen molar-refractivity contribution in [3.05, 3.63) is 35.8 Å². The van der Waals surface area contributed by atoms with E-state index in [1.807, 2.05) is 23.9 Å². The number of hydrogen-bond donors (Lipinski definition) is 1. The van der Waals surface area contributed by atoms with Crippen molar-refractivity contribution < 1.29 is 8.81 Å². The van der Waals surface area contributed by atoms with Crippen LogP contribution in [0.3, 0.4) is 0 Å². The van der Waals surface area contributed by atoms with Gasteiger partial charge in [-0.1, -0.05) is 25.5 Å². The number of rotatable bonds is 5. The molecule has 0 aliphatic carbocycles. The van der Waals surface area contributed by atoms with E-state index in [0.717, 1.165) is 24.1 Å². The van der Waals surface area contributed by atoms with E-state index < -0.39 is 0 Å². The maximum Gasteiger partial charge on any atom is 0.169 e. The van der Waals surface area contributed by atoms with E-state index in [0.29, 0.717) is 10.8 Å². The number of nitrogens with one attached hydrogen (secondary N) is 1. The van der Waals surface area contributed by atoms with Gasteiger partial charge in [-0.2, -0.15) is 11.8 Å². The number of thioether (sulfide) groups is 1. The Morgan fingerprint density at radius 2 is 2.33 bits per heavy atom. The number of halogens is 1.